The van der Waals surface area contributed by atoms with Crippen molar-refractivity contribution in [2.24, 2.45) is 7.05 Å². The van der Waals surface area contributed by atoms with E-state index in [0.717, 1.165) is 36.2 Å². The van der Waals surface area contributed by atoms with Gasteiger partial charge in [-0.3, -0.25) is 4.68 Å². The van der Waals surface area contributed by atoms with Crippen molar-refractivity contribution in [1.82, 2.24) is 15.1 Å². The van der Waals surface area contributed by atoms with Gasteiger partial charge in [0.15, 0.2) is 0 Å². The molecule has 19 heavy (non-hydrogen) atoms. The molecule has 1 aromatic rings. The molecule has 2 atom stereocenters. The number of aromatic nitrogens is 2. The Morgan fingerprint density at radius 3 is 2.58 bits per heavy atom. The number of ether oxygens (including phenoxy) is 1. The van der Waals surface area contributed by atoms with Crippen molar-refractivity contribution < 1.29 is 4.74 Å². The molecule has 0 saturated heterocycles. The van der Waals surface area contributed by atoms with Crippen LogP contribution in [0, 0.1) is 6.92 Å². The number of aryl methyl sites for hydroxylation is 2. The first-order valence-corrected chi connectivity index (χ1v) is 7.83. The first-order chi connectivity index (χ1) is 9.01. The number of rotatable bonds is 8. The summed E-state index contributed by atoms with van der Waals surface area (Å²) in [5.41, 5.74) is 2.26. The monoisotopic (exact) mass is 331 g/mol. The molecule has 0 aromatic carbocycles. The van der Waals surface area contributed by atoms with Crippen LogP contribution < -0.4 is 5.32 Å². The highest BCUT2D eigenvalue weighted by Crippen LogP contribution is 2.22. The maximum absolute atomic E-state index is 5.75. The van der Waals surface area contributed by atoms with Crippen LogP contribution in [0.4, 0.5) is 0 Å². The predicted octanol–water partition coefficient (Wildman–Crippen LogP) is 2.83. The Morgan fingerprint density at radius 2 is 2.11 bits per heavy atom. The molecule has 110 valence electrons. The van der Waals surface area contributed by atoms with E-state index in [1.807, 2.05) is 25.6 Å². The zero-order valence-corrected chi connectivity index (χ0v) is 14.2. The number of hydrogen-bond donors (Lipinski definition) is 1. The summed E-state index contributed by atoms with van der Waals surface area (Å²) < 4.78 is 8.82. The third-order valence-corrected chi connectivity index (χ3v) is 4.36. The molecule has 0 radical (unpaired) electrons. The van der Waals surface area contributed by atoms with E-state index in [1.54, 1.807) is 0 Å². The van der Waals surface area contributed by atoms with E-state index in [4.69, 9.17) is 4.74 Å². The number of nitrogens with zero attached hydrogens (tertiary/aromatic N) is 2. The first-order valence-electron chi connectivity index (χ1n) is 7.04. The van der Waals surface area contributed by atoms with Crippen LogP contribution in [0.2, 0.25) is 0 Å². The molecule has 0 bridgehead atoms. The summed E-state index contributed by atoms with van der Waals surface area (Å²) >= 11 is 3.63. The Morgan fingerprint density at radius 1 is 1.42 bits per heavy atom. The molecule has 1 rings (SSSR count). The summed E-state index contributed by atoms with van der Waals surface area (Å²) in [5, 5.41) is 8.03. The van der Waals surface area contributed by atoms with Gasteiger partial charge in [-0.1, -0.05) is 6.92 Å². The van der Waals surface area contributed by atoms with Crippen LogP contribution in [0.25, 0.3) is 0 Å². The van der Waals surface area contributed by atoms with Crippen molar-refractivity contribution in [2.75, 3.05) is 13.2 Å². The van der Waals surface area contributed by atoms with Gasteiger partial charge in [0.25, 0.3) is 0 Å². The fourth-order valence-electron chi connectivity index (χ4n) is 2.22. The van der Waals surface area contributed by atoms with E-state index in [9.17, 15) is 0 Å². The minimum absolute atomic E-state index is 0.193. The SMILES string of the molecule is CCCNC(Cc1c(Br)c(C)nn1C)C(C)OCC. The summed E-state index contributed by atoms with van der Waals surface area (Å²) in [4.78, 5) is 0. The molecule has 0 spiro atoms. The van der Waals surface area contributed by atoms with E-state index in [1.165, 1.54) is 5.69 Å². The maximum atomic E-state index is 5.75. The smallest absolute Gasteiger partial charge is 0.0738 e. The van der Waals surface area contributed by atoms with Crippen LogP contribution in [0.1, 0.15) is 38.6 Å². The fraction of sp³-hybridized carbons (Fsp3) is 0.786. The van der Waals surface area contributed by atoms with Gasteiger partial charge in [0.2, 0.25) is 0 Å². The molecule has 0 aliphatic carbocycles. The van der Waals surface area contributed by atoms with Gasteiger partial charge < -0.3 is 10.1 Å². The molecule has 5 heteroatoms. The number of hydrogen-bond acceptors (Lipinski definition) is 3. The summed E-state index contributed by atoms with van der Waals surface area (Å²) in [6, 6.07) is 0.311. The lowest BCUT2D eigenvalue weighted by molar-refractivity contribution is 0.0471. The minimum atomic E-state index is 0.193. The van der Waals surface area contributed by atoms with Crippen molar-refractivity contribution >= 4 is 15.9 Å². The Balaban J connectivity index is 2.80. The van der Waals surface area contributed by atoms with Crippen molar-refractivity contribution in [1.29, 1.82) is 0 Å². The lowest BCUT2D eigenvalue weighted by Gasteiger charge is -2.25. The molecular weight excluding hydrogens is 306 g/mol. The molecule has 0 saturated carbocycles. The van der Waals surface area contributed by atoms with Crippen molar-refractivity contribution in [3.8, 4) is 0 Å². The second-order valence-electron chi connectivity index (χ2n) is 4.89. The quantitative estimate of drug-likeness (QED) is 0.796. The van der Waals surface area contributed by atoms with Gasteiger partial charge in [0.1, 0.15) is 0 Å². The van der Waals surface area contributed by atoms with Gasteiger partial charge in [0.05, 0.1) is 22.0 Å². The minimum Gasteiger partial charge on any atom is -0.377 e. The van der Waals surface area contributed by atoms with E-state index in [0.29, 0.717) is 6.04 Å². The second-order valence-corrected chi connectivity index (χ2v) is 5.69. The van der Waals surface area contributed by atoms with Crippen LogP contribution in [0.5, 0.6) is 0 Å². The van der Waals surface area contributed by atoms with Crippen LogP contribution in [0.15, 0.2) is 4.47 Å². The topological polar surface area (TPSA) is 39.1 Å². The standard InChI is InChI=1S/C14H26BrN3O/c1-6-8-16-12(11(4)19-7-2)9-13-14(15)10(3)17-18(13)5/h11-12,16H,6-9H2,1-5H3. The third-order valence-electron chi connectivity index (χ3n) is 3.33. The summed E-state index contributed by atoms with van der Waals surface area (Å²) in [6.07, 6.45) is 2.23. The second kappa shape index (κ2) is 8.02. The molecule has 0 aliphatic rings. The molecule has 0 fully saturated rings. The van der Waals surface area contributed by atoms with Gasteiger partial charge in [0, 0.05) is 26.1 Å². The lowest BCUT2D eigenvalue weighted by atomic mass is 10.1. The Labute approximate surface area is 125 Å². The predicted molar refractivity (Wildman–Crippen MR) is 82.5 cm³/mol. The van der Waals surface area contributed by atoms with Gasteiger partial charge in [-0.2, -0.15) is 5.10 Å². The van der Waals surface area contributed by atoms with E-state index in [-0.39, 0.29) is 6.10 Å². The Kier molecular flexibility index (Phi) is 7.04. The molecule has 4 nitrogen and oxygen atoms in total. The highest BCUT2D eigenvalue weighted by atomic mass is 79.9. The van der Waals surface area contributed by atoms with Crippen molar-refractivity contribution in [2.45, 2.75) is 52.7 Å². The molecule has 0 amide bonds. The van der Waals surface area contributed by atoms with Crippen molar-refractivity contribution in [3.05, 3.63) is 15.9 Å². The van der Waals surface area contributed by atoms with Crippen molar-refractivity contribution in [3.63, 3.8) is 0 Å². The largest absolute Gasteiger partial charge is 0.377 e. The third kappa shape index (κ3) is 4.58. The molecular formula is C14H26BrN3O. The van der Waals surface area contributed by atoms with Crippen LogP contribution in [0.3, 0.4) is 0 Å². The highest BCUT2D eigenvalue weighted by molar-refractivity contribution is 9.10. The lowest BCUT2D eigenvalue weighted by Crippen LogP contribution is -2.42. The van der Waals surface area contributed by atoms with Crippen LogP contribution >= 0.6 is 15.9 Å². The van der Waals surface area contributed by atoms with Gasteiger partial charge in [-0.15, -0.1) is 0 Å². The zero-order chi connectivity index (χ0) is 14.4. The number of nitrogens with one attached hydrogen (secondary N) is 1. The fourth-order valence-corrected chi connectivity index (χ4v) is 2.72. The Hall–Kier alpha value is -0.390. The summed E-state index contributed by atoms with van der Waals surface area (Å²) in [6.45, 7) is 10.1. The van der Waals surface area contributed by atoms with Crippen LogP contribution in [-0.2, 0) is 18.2 Å². The van der Waals surface area contributed by atoms with E-state index >= 15 is 0 Å². The van der Waals surface area contributed by atoms with E-state index in [2.05, 4.69) is 40.2 Å². The Bertz CT molecular complexity index is 392. The molecule has 2 unspecified atom stereocenters. The number of halogens is 1. The molecule has 1 heterocycles. The summed E-state index contributed by atoms with van der Waals surface area (Å²) in [5.74, 6) is 0. The zero-order valence-electron chi connectivity index (χ0n) is 12.7. The maximum Gasteiger partial charge on any atom is 0.0738 e. The first kappa shape index (κ1) is 16.7. The van der Waals surface area contributed by atoms with Gasteiger partial charge in [-0.25, -0.2) is 0 Å². The molecule has 0 aliphatic heterocycles. The van der Waals surface area contributed by atoms with Gasteiger partial charge in [-0.05, 0) is 49.7 Å². The van der Waals surface area contributed by atoms with Crippen LogP contribution in [-0.4, -0.2) is 35.1 Å². The molecule has 1 aromatic heterocycles. The average Bonchev–Trinajstić information content (AvgIpc) is 2.60. The highest BCUT2D eigenvalue weighted by Gasteiger charge is 2.21. The van der Waals surface area contributed by atoms with Gasteiger partial charge >= 0.3 is 0 Å². The summed E-state index contributed by atoms with van der Waals surface area (Å²) in [7, 11) is 2.00. The molecule has 1 N–H and O–H groups in total. The normalized spacial score (nSPS) is 14.6. The van der Waals surface area contributed by atoms with E-state index < -0.39 is 0 Å². The average molecular weight is 332 g/mol.